The van der Waals surface area contributed by atoms with Crippen LogP contribution in [-0.2, 0) is 14.8 Å². The van der Waals surface area contributed by atoms with Gasteiger partial charge >= 0.3 is 0 Å². The molecule has 1 aromatic carbocycles. The van der Waals surface area contributed by atoms with Crippen molar-refractivity contribution in [3.8, 4) is 0 Å². The molecular weight excluding hydrogens is 328 g/mol. The van der Waals surface area contributed by atoms with Crippen molar-refractivity contribution in [1.29, 1.82) is 0 Å². The Hall–Kier alpha value is -1.44. The Morgan fingerprint density at radius 3 is 2.79 bits per heavy atom. The number of carbonyl (C=O) groups is 1. The zero-order valence-electron chi connectivity index (χ0n) is 14.5. The third kappa shape index (κ3) is 5.03. The second-order valence-corrected chi connectivity index (χ2v) is 8.36. The van der Waals surface area contributed by atoms with Gasteiger partial charge in [-0.25, -0.2) is 13.1 Å². The Kier molecular flexibility index (Phi) is 6.37. The minimum atomic E-state index is -3.65. The minimum absolute atomic E-state index is 0.0678. The molecule has 1 heterocycles. The molecule has 0 bridgehead atoms. The van der Waals surface area contributed by atoms with Crippen molar-refractivity contribution in [2.75, 3.05) is 26.7 Å². The van der Waals surface area contributed by atoms with Crippen LogP contribution in [0.25, 0.3) is 0 Å². The van der Waals surface area contributed by atoms with Crippen molar-refractivity contribution < 1.29 is 17.9 Å². The molecule has 0 saturated carbocycles. The Morgan fingerprint density at radius 1 is 1.42 bits per heavy atom. The summed E-state index contributed by atoms with van der Waals surface area (Å²) in [5, 5.41) is 0. The first-order chi connectivity index (χ1) is 11.3. The molecule has 1 aromatic rings. The van der Waals surface area contributed by atoms with E-state index in [0.717, 1.165) is 12.8 Å². The van der Waals surface area contributed by atoms with Crippen molar-refractivity contribution in [3.05, 3.63) is 29.8 Å². The van der Waals surface area contributed by atoms with Crippen LogP contribution in [0.5, 0.6) is 0 Å². The van der Waals surface area contributed by atoms with Gasteiger partial charge in [-0.3, -0.25) is 4.79 Å². The predicted molar refractivity (Wildman–Crippen MR) is 92.4 cm³/mol. The van der Waals surface area contributed by atoms with Gasteiger partial charge in [-0.05, 0) is 37.0 Å². The molecule has 1 atom stereocenters. The number of carbonyl (C=O) groups excluding carboxylic acids is 1. The van der Waals surface area contributed by atoms with Crippen LogP contribution in [0.3, 0.4) is 0 Å². The van der Waals surface area contributed by atoms with Crippen molar-refractivity contribution >= 4 is 15.9 Å². The summed E-state index contributed by atoms with van der Waals surface area (Å²) in [5.74, 6) is 0.166. The molecular formula is C17H26N2O4S. The van der Waals surface area contributed by atoms with Crippen molar-refractivity contribution in [2.45, 2.75) is 37.7 Å². The first-order valence-corrected chi connectivity index (χ1v) is 9.74. The van der Waals surface area contributed by atoms with Crippen LogP contribution in [0.1, 0.15) is 37.0 Å². The third-order valence-electron chi connectivity index (χ3n) is 3.90. The van der Waals surface area contributed by atoms with E-state index in [-0.39, 0.29) is 23.5 Å². The molecule has 0 radical (unpaired) electrons. The standard InChI is InChI=1S/C17H26N2O4S/c1-13(2)12-19(3)17(20)14-6-4-8-16(10-14)24(21,22)18-11-15-7-5-9-23-15/h4,6,8,10,13,15,18H,5,7,9,11-12H2,1-3H3. The minimum Gasteiger partial charge on any atom is -0.377 e. The molecule has 0 aliphatic carbocycles. The number of ether oxygens (including phenoxy) is 1. The van der Waals surface area contributed by atoms with Gasteiger partial charge in [-0.15, -0.1) is 0 Å². The lowest BCUT2D eigenvalue weighted by molar-refractivity contribution is 0.0779. The summed E-state index contributed by atoms with van der Waals surface area (Å²) in [6.07, 6.45) is 1.75. The summed E-state index contributed by atoms with van der Waals surface area (Å²) in [5.41, 5.74) is 0.373. The molecule has 24 heavy (non-hydrogen) atoms. The average molecular weight is 354 g/mol. The van der Waals surface area contributed by atoms with E-state index >= 15 is 0 Å². The maximum atomic E-state index is 12.4. The van der Waals surface area contributed by atoms with E-state index in [1.807, 2.05) is 13.8 Å². The lowest BCUT2D eigenvalue weighted by Crippen LogP contribution is -2.32. The molecule has 1 amide bonds. The topological polar surface area (TPSA) is 75.7 Å². The van der Waals surface area contributed by atoms with Crippen molar-refractivity contribution in [2.24, 2.45) is 5.92 Å². The van der Waals surface area contributed by atoms with Gasteiger partial charge in [0.15, 0.2) is 0 Å². The van der Waals surface area contributed by atoms with Gasteiger partial charge in [0.05, 0.1) is 11.0 Å². The molecule has 1 unspecified atom stereocenters. The second kappa shape index (κ2) is 8.09. The molecule has 7 heteroatoms. The van der Waals surface area contributed by atoms with E-state index in [0.29, 0.717) is 24.6 Å². The highest BCUT2D eigenvalue weighted by Gasteiger charge is 2.21. The highest BCUT2D eigenvalue weighted by Crippen LogP contribution is 2.15. The SMILES string of the molecule is CC(C)CN(C)C(=O)c1cccc(S(=O)(=O)NCC2CCCO2)c1. The summed E-state index contributed by atoms with van der Waals surface area (Å²) in [6.45, 7) is 5.61. The summed E-state index contributed by atoms with van der Waals surface area (Å²) in [6, 6.07) is 6.16. The van der Waals surface area contributed by atoms with E-state index in [4.69, 9.17) is 4.74 Å². The van der Waals surface area contributed by atoms with Gasteiger partial charge in [0.25, 0.3) is 5.91 Å². The quantitative estimate of drug-likeness (QED) is 0.811. The van der Waals surface area contributed by atoms with Crippen LogP contribution < -0.4 is 4.72 Å². The van der Waals surface area contributed by atoms with Gasteiger partial charge in [-0.2, -0.15) is 0 Å². The number of nitrogens with zero attached hydrogens (tertiary/aromatic N) is 1. The van der Waals surface area contributed by atoms with Gasteiger partial charge in [0, 0.05) is 32.3 Å². The molecule has 134 valence electrons. The number of benzene rings is 1. The summed E-state index contributed by atoms with van der Waals surface area (Å²) >= 11 is 0. The maximum absolute atomic E-state index is 12.4. The monoisotopic (exact) mass is 354 g/mol. The maximum Gasteiger partial charge on any atom is 0.253 e. The Labute approximate surface area is 144 Å². The highest BCUT2D eigenvalue weighted by atomic mass is 32.2. The Balaban J connectivity index is 2.09. The fourth-order valence-corrected chi connectivity index (χ4v) is 3.85. The number of hydrogen-bond donors (Lipinski definition) is 1. The average Bonchev–Trinajstić information content (AvgIpc) is 3.05. The van der Waals surface area contributed by atoms with Crippen LogP contribution in [0, 0.1) is 5.92 Å². The Bertz CT molecular complexity index is 667. The largest absolute Gasteiger partial charge is 0.377 e. The predicted octanol–water partition coefficient (Wildman–Crippen LogP) is 1.87. The Morgan fingerprint density at radius 2 is 2.17 bits per heavy atom. The van der Waals surface area contributed by atoms with Crippen molar-refractivity contribution in [3.63, 3.8) is 0 Å². The molecule has 1 aliphatic heterocycles. The molecule has 1 N–H and O–H groups in total. The van der Waals surface area contributed by atoms with E-state index < -0.39 is 10.0 Å². The lowest BCUT2D eigenvalue weighted by Gasteiger charge is -2.19. The number of sulfonamides is 1. The first-order valence-electron chi connectivity index (χ1n) is 8.26. The fraction of sp³-hybridized carbons (Fsp3) is 0.588. The van der Waals surface area contributed by atoms with E-state index in [1.165, 1.54) is 12.1 Å². The number of rotatable bonds is 7. The van der Waals surface area contributed by atoms with Crippen LogP contribution >= 0.6 is 0 Å². The highest BCUT2D eigenvalue weighted by molar-refractivity contribution is 7.89. The van der Waals surface area contributed by atoms with Crippen LogP contribution in [0.15, 0.2) is 29.2 Å². The molecule has 1 fully saturated rings. The molecule has 2 rings (SSSR count). The normalized spacial score (nSPS) is 18.1. The molecule has 6 nitrogen and oxygen atoms in total. The van der Waals surface area contributed by atoms with Gasteiger partial charge in [0.2, 0.25) is 10.0 Å². The van der Waals surface area contributed by atoms with Crippen molar-refractivity contribution in [1.82, 2.24) is 9.62 Å². The number of hydrogen-bond acceptors (Lipinski definition) is 4. The smallest absolute Gasteiger partial charge is 0.253 e. The van der Waals surface area contributed by atoms with Crippen LogP contribution in [0.2, 0.25) is 0 Å². The van der Waals surface area contributed by atoms with Gasteiger partial charge in [-0.1, -0.05) is 19.9 Å². The van der Waals surface area contributed by atoms with Crippen LogP contribution in [-0.4, -0.2) is 52.1 Å². The van der Waals surface area contributed by atoms with E-state index in [9.17, 15) is 13.2 Å². The zero-order valence-corrected chi connectivity index (χ0v) is 15.3. The second-order valence-electron chi connectivity index (χ2n) is 6.59. The molecule has 0 aromatic heterocycles. The summed E-state index contributed by atoms with van der Waals surface area (Å²) < 4.78 is 32.8. The summed E-state index contributed by atoms with van der Waals surface area (Å²) in [4.78, 5) is 14.1. The first kappa shape index (κ1) is 18.9. The fourth-order valence-electron chi connectivity index (χ4n) is 2.74. The van der Waals surface area contributed by atoms with E-state index in [2.05, 4.69) is 4.72 Å². The molecule has 1 aliphatic rings. The van der Waals surface area contributed by atoms with Gasteiger partial charge in [0.1, 0.15) is 0 Å². The van der Waals surface area contributed by atoms with Crippen LogP contribution in [0.4, 0.5) is 0 Å². The lowest BCUT2D eigenvalue weighted by atomic mass is 10.1. The third-order valence-corrected chi connectivity index (χ3v) is 5.32. The van der Waals surface area contributed by atoms with Gasteiger partial charge < -0.3 is 9.64 Å². The number of amides is 1. The van der Waals surface area contributed by atoms with E-state index in [1.54, 1.807) is 24.1 Å². The summed E-state index contributed by atoms with van der Waals surface area (Å²) in [7, 11) is -1.93. The number of nitrogens with one attached hydrogen (secondary N) is 1. The zero-order chi connectivity index (χ0) is 17.7. The molecule has 1 saturated heterocycles. The molecule has 0 spiro atoms.